The van der Waals surface area contributed by atoms with Crippen LogP contribution in [0.1, 0.15) is 19.3 Å². The second-order valence-corrected chi connectivity index (χ2v) is 4.32. The van der Waals surface area contributed by atoms with E-state index in [2.05, 4.69) is 0 Å². The van der Waals surface area contributed by atoms with E-state index in [-0.39, 0.29) is 6.07 Å². The molecule has 0 saturated carbocycles. The van der Waals surface area contributed by atoms with Gasteiger partial charge in [0, 0.05) is 19.2 Å². The topological polar surface area (TPSA) is 32.3 Å². The van der Waals surface area contributed by atoms with Crippen LogP contribution in [0.4, 0.5) is 28.0 Å². The Morgan fingerprint density at radius 3 is 2.05 bits per heavy atom. The minimum Gasteiger partial charge on any atom is -0.325 e. The largest absolute Gasteiger partial charge is 0.325 e. The van der Waals surface area contributed by atoms with Gasteiger partial charge in [-0.1, -0.05) is 0 Å². The molecule has 0 bridgehead atoms. The van der Waals surface area contributed by atoms with Crippen molar-refractivity contribution in [1.82, 2.24) is 4.90 Å². The number of hydrogen-bond donors (Lipinski definition) is 1. The average molecular weight is 276 g/mol. The second-order valence-electron chi connectivity index (χ2n) is 4.32. The lowest BCUT2D eigenvalue weighted by atomic mass is 10.1. The molecule has 0 radical (unpaired) electrons. The van der Waals surface area contributed by atoms with Gasteiger partial charge >= 0.3 is 6.03 Å². The molecular weight excluding hydrogens is 264 g/mol. The SMILES string of the molecule is O=C(Nc1c(F)c(F)cc(F)c1F)N1CCCCC1. The molecule has 1 heterocycles. The predicted molar refractivity (Wildman–Crippen MR) is 60.7 cm³/mol. The van der Waals surface area contributed by atoms with Gasteiger partial charge in [0.2, 0.25) is 0 Å². The maximum Gasteiger partial charge on any atom is 0.322 e. The van der Waals surface area contributed by atoms with Crippen molar-refractivity contribution < 1.29 is 22.4 Å². The molecule has 0 spiro atoms. The van der Waals surface area contributed by atoms with E-state index in [0.717, 1.165) is 19.3 Å². The zero-order valence-electron chi connectivity index (χ0n) is 9.98. The Kier molecular flexibility index (Phi) is 3.92. The molecule has 19 heavy (non-hydrogen) atoms. The Hall–Kier alpha value is -1.79. The quantitative estimate of drug-likeness (QED) is 0.619. The van der Waals surface area contributed by atoms with Gasteiger partial charge in [-0.2, -0.15) is 0 Å². The van der Waals surface area contributed by atoms with Crippen molar-refractivity contribution in [2.24, 2.45) is 0 Å². The molecule has 3 nitrogen and oxygen atoms in total. The van der Waals surface area contributed by atoms with Crippen LogP contribution in [0.2, 0.25) is 0 Å². The summed E-state index contributed by atoms with van der Waals surface area (Å²) in [5.41, 5.74) is -1.09. The summed E-state index contributed by atoms with van der Waals surface area (Å²) in [6.45, 7) is 0.903. The monoisotopic (exact) mass is 276 g/mol. The first kappa shape index (κ1) is 13.6. The van der Waals surface area contributed by atoms with Crippen molar-refractivity contribution in [2.75, 3.05) is 18.4 Å². The van der Waals surface area contributed by atoms with Crippen molar-refractivity contribution in [3.63, 3.8) is 0 Å². The van der Waals surface area contributed by atoms with Gasteiger partial charge in [-0.05, 0) is 19.3 Å². The van der Waals surface area contributed by atoms with Crippen LogP contribution < -0.4 is 5.32 Å². The number of urea groups is 1. The van der Waals surface area contributed by atoms with E-state index in [1.807, 2.05) is 5.32 Å². The molecule has 1 aromatic carbocycles. The molecule has 1 N–H and O–H groups in total. The number of likely N-dealkylation sites (tertiary alicyclic amines) is 1. The minimum atomic E-state index is -1.61. The highest BCUT2D eigenvalue weighted by Gasteiger charge is 2.23. The highest BCUT2D eigenvalue weighted by atomic mass is 19.2. The van der Waals surface area contributed by atoms with Gasteiger partial charge in [0.05, 0.1) is 0 Å². The first-order valence-corrected chi connectivity index (χ1v) is 5.89. The molecule has 0 aliphatic carbocycles. The number of piperidine rings is 1. The molecule has 104 valence electrons. The Balaban J connectivity index is 2.20. The molecule has 1 aliphatic heterocycles. The number of anilines is 1. The highest BCUT2D eigenvalue weighted by molar-refractivity contribution is 5.89. The van der Waals surface area contributed by atoms with Crippen LogP contribution >= 0.6 is 0 Å². The van der Waals surface area contributed by atoms with Crippen molar-refractivity contribution >= 4 is 11.7 Å². The van der Waals surface area contributed by atoms with Gasteiger partial charge in [-0.15, -0.1) is 0 Å². The van der Waals surface area contributed by atoms with Gasteiger partial charge < -0.3 is 10.2 Å². The third-order valence-electron chi connectivity index (χ3n) is 2.99. The maximum atomic E-state index is 13.4. The first-order valence-electron chi connectivity index (χ1n) is 5.89. The summed E-state index contributed by atoms with van der Waals surface area (Å²) >= 11 is 0. The Morgan fingerprint density at radius 1 is 1.00 bits per heavy atom. The number of rotatable bonds is 1. The Morgan fingerprint density at radius 2 is 1.53 bits per heavy atom. The lowest BCUT2D eigenvalue weighted by Crippen LogP contribution is -2.39. The average Bonchev–Trinajstić information content (AvgIpc) is 2.42. The Bertz CT molecular complexity index is 475. The van der Waals surface area contributed by atoms with E-state index in [0.29, 0.717) is 13.1 Å². The zero-order valence-corrected chi connectivity index (χ0v) is 9.98. The molecule has 7 heteroatoms. The van der Waals surface area contributed by atoms with E-state index in [1.54, 1.807) is 0 Å². The van der Waals surface area contributed by atoms with Gasteiger partial charge in [0.1, 0.15) is 5.69 Å². The van der Waals surface area contributed by atoms with E-state index in [1.165, 1.54) is 4.90 Å². The van der Waals surface area contributed by atoms with Crippen molar-refractivity contribution in [2.45, 2.75) is 19.3 Å². The summed E-state index contributed by atoms with van der Waals surface area (Å²) < 4.78 is 52.6. The smallest absolute Gasteiger partial charge is 0.322 e. The van der Waals surface area contributed by atoms with Crippen LogP contribution in [-0.2, 0) is 0 Å². The van der Waals surface area contributed by atoms with E-state index < -0.39 is 35.0 Å². The zero-order chi connectivity index (χ0) is 14.0. The standard InChI is InChI=1S/C12H12F4N2O/c13-7-6-8(14)10(16)11(9(7)15)17-12(19)18-4-2-1-3-5-18/h6H,1-5H2,(H,17,19). The normalized spacial score (nSPS) is 15.5. The van der Waals surface area contributed by atoms with Crippen LogP contribution in [0.3, 0.4) is 0 Å². The fourth-order valence-electron chi connectivity index (χ4n) is 1.97. The van der Waals surface area contributed by atoms with Gasteiger partial charge in [0.15, 0.2) is 23.3 Å². The fraction of sp³-hybridized carbons (Fsp3) is 0.417. The molecule has 1 aliphatic rings. The summed E-state index contributed by atoms with van der Waals surface area (Å²) in [6.07, 6.45) is 2.55. The number of amides is 2. The number of halogens is 4. The van der Waals surface area contributed by atoms with E-state index >= 15 is 0 Å². The number of carbonyl (C=O) groups is 1. The number of benzene rings is 1. The van der Waals surface area contributed by atoms with Crippen LogP contribution in [0, 0.1) is 23.3 Å². The van der Waals surface area contributed by atoms with Gasteiger partial charge in [0.25, 0.3) is 0 Å². The molecular formula is C12H12F4N2O. The molecule has 0 atom stereocenters. The van der Waals surface area contributed by atoms with Gasteiger partial charge in [-0.3, -0.25) is 0 Å². The predicted octanol–water partition coefficient (Wildman–Crippen LogP) is 3.26. The number of hydrogen-bond acceptors (Lipinski definition) is 1. The lowest BCUT2D eigenvalue weighted by molar-refractivity contribution is 0.199. The molecule has 0 aromatic heterocycles. The molecule has 2 rings (SSSR count). The van der Waals surface area contributed by atoms with E-state index in [9.17, 15) is 22.4 Å². The Labute approximate surface area is 107 Å². The minimum absolute atomic E-state index is 0.0984. The van der Waals surface area contributed by atoms with Crippen LogP contribution in [0.25, 0.3) is 0 Å². The third kappa shape index (κ3) is 2.80. The molecule has 1 fully saturated rings. The lowest BCUT2D eigenvalue weighted by Gasteiger charge is -2.26. The molecule has 0 unspecified atom stereocenters. The van der Waals surface area contributed by atoms with Crippen molar-refractivity contribution in [3.05, 3.63) is 29.3 Å². The summed E-state index contributed by atoms with van der Waals surface area (Å²) in [4.78, 5) is 13.1. The summed E-state index contributed by atoms with van der Waals surface area (Å²) in [6, 6.07) is -0.663. The summed E-state index contributed by atoms with van der Waals surface area (Å²) in [5.74, 6) is -6.31. The fourth-order valence-corrected chi connectivity index (χ4v) is 1.97. The second kappa shape index (κ2) is 5.46. The maximum absolute atomic E-state index is 13.4. The van der Waals surface area contributed by atoms with Gasteiger partial charge in [-0.25, -0.2) is 22.4 Å². The highest BCUT2D eigenvalue weighted by Crippen LogP contribution is 2.24. The number of nitrogens with one attached hydrogen (secondary N) is 1. The molecule has 1 saturated heterocycles. The molecule has 1 aromatic rings. The van der Waals surface area contributed by atoms with Crippen molar-refractivity contribution in [3.8, 4) is 0 Å². The summed E-state index contributed by atoms with van der Waals surface area (Å²) in [5, 5.41) is 1.89. The van der Waals surface area contributed by atoms with Crippen LogP contribution in [0.5, 0.6) is 0 Å². The number of carbonyl (C=O) groups excluding carboxylic acids is 1. The number of nitrogens with zero attached hydrogens (tertiary/aromatic N) is 1. The van der Waals surface area contributed by atoms with Crippen LogP contribution in [0.15, 0.2) is 6.07 Å². The third-order valence-corrected chi connectivity index (χ3v) is 2.99. The van der Waals surface area contributed by atoms with Crippen molar-refractivity contribution in [1.29, 1.82) is 0 Å². The van der Waals surface area contributed by atoms with Crippen LogP contribution in [-0.4, -0.2) is 24.0 Å². The first-order chi connectivity index (χ1) is 9.00. The molecule has 2 amide bonds. The summed E-state index contributed by atoms with van der Waals surface area (Å²) in [7, 11) is 0. The van der Waals surface area contributed by atoms with E-state index in [4.69, 9.17) is 0 Å².